The van der Waals surface area contributed by atoms with Crippen LogP contribution in [0, 0.1) is 6.92 Å². The zero-order chi connectivity index (χ0) is 28.6. The molecule has 1 amide bonds. The number of benzene rings is 3. The number of aromatic nitrogens is 4. The highest BCUT2D eigenvalue weighted by molar-refractivity contribution is 6.05. The molecule has 0 unspecified atom stereocenters. The molecular formula is C31H30N6O3. The molecule has 5 aromatic rings. The number of imidazole rings is 1. The van der Waals surface area contributed by atoms with Crippen LogP contribution in [0.1, 0.15) is 52.6 Å². The number of anilines is 3. The molecule has 40 heavy (non-hydrogen) atoms. The van der Waals surface area contributed by atoms with E-state index in [1.165, 1.54) is 12.1 Å². The van der Waals surface area contributed by atoms with Crippen molar-refractivity contribution < 1.29 is 14.7 Å². The third-order valence-corrected chi connectivity index (χ3v) is 6.79. The molecule has 9 nitrogen and oxygen atoms in total. The molecule has 0 aliphatic rings. The van der Waals surface area contributed by atoms with Gasteiger partial charge in [0.15, 0.2) is 22.8 Å². The second-order valence-corrected chi connectivity index (χ2v) is 10.7. The second-order valence-electron chi connectivity index (χ2n) is 10.7. The Bertz CT molecular complexity index is 1730. The molecule has 3 aromatic carbocycles. The summed E-state index contributed by atoms with van der Waals surface area (Å²) in [5, 5.41) is 15.5. The number of rotatable bonds is 6. The van der Waals surface area contributed by atoms with E-state index in [1.54, 1.807) is 23.0 Å². The number of carboxylic acids is 1. The van der Waals surface area contributed by atoms with Crippen LogP contribution in [0.2, 0.25) is 0 Å². The summed E-state index contributed by atoms with van der Waals surface area (Å²) in [6.45, 7) is 8.33. The minimum atomic E-state index is -0.993. The largest absolute Gasteiger partial charge is 0.478 e. The molecule has 0 spiro atoms. The summed E-state index contributed by atoms with van der Waals surface area (Å²) < 4.78 is 1.81. The molecule has 0 saturated carbocycles. The third kappa shape index (κ3) is 5.26. The van der Waals surface area contributed by atoms with Crippen molar-refractivity contribution in [3.05, 3.63) is 95.3 Å². The summed E-state index contributed by atoms with van der Waals surface area (Å²) >= 11 is 0. The van der Waals surface area contributed by atoms with E-state index >= 15 is 0 Å². The van der Waals surface area contributed by atoms with Crippen LogP contribution in [0.15, 0.2) is 73.1 Å². The standard InChI is InChI=1S/C31H30N6O3/c1-18-23(7-6-8-24(18)34-29(38)19-9-13-21(14-10-19)31(2,3)4)26-35-27(25-28(36-26)37(5)17-32-25)33-22-15-11-20(12-16-22)30(39)40/h6-17H,1-5H3,(H,34,38)(H,39,40)(H,33,35,36). The lowest BCUT2D eigenvalue weighted by Gasteiger charge is -2.19. The molecule has 0 fully saturated rings. The lowest BCUT2D eigenvalue weighted by Crippen LogP contribution is -2.15. The molecule has 2 heterocycles. The SMILES string of the molecule is Cc1c(NC(=O)c2ccc(C(C)(C)C)cc2)cccc1-c1nc(Nc2ccc(C(=O)O)cc2)c2ncn(C)c2n1. The molecule has 9 heteroatoms. The van der Waals surface area contributed by atoms with Gasteiger partial charge in [0.25, 0.3) is 5.91 Å². The van der Waals surface area contributed by atoms with Crippen molar-refractivity contribution in [2.75, 3.05) is 10.6 Å². The van der Waals surface area contributed by atoms with E-state index in [-0.39, 0.29) is 16.9 Å². The van der Waals surface area contributed by atoms with Crippen molar-refractivity contribution in [1.82, 2.24) is 19.5 Å². The fourth-order valence-corrected chi connectivity index (χ4v) is 4.38. The molecule has 0 saturated heterocycles. The predicted molar refractivity (Wildman–Crippen MR) is 156 cm³/mol. The number of amides is 1. The Morgan fingerprint density at radius 3 is 2.23 bits per heavy atom. The molecule has 0 bridgehead atoms. The molecular weight excluding hydrogens is 504 g/mol. The van der Waals surface area contributed by atoms with Crippen LogP contribution in [0.5, 0.6) is 0 Å². The minimum Gasteiger partial charge on any atom is -0.478 e. The lowest BCUT2D eigenvalue weighted by atomic mass is 9.86. The van der Waals surface area contributed by atoms with Crippen LogP contribution in [-0.2, 0) is 12.5 Å². The normalized spacial score (nSPS) is 11.4. The van der Waals surface area contributed by atoms with E-state index in [0.717, 1.165) is 16.7 Å². The first-order valence-electron chi connectivity index (χ1n) is 12.8. The number of aryl methyl sites for hydroxylation is 1. The van der Waals surface area contributed by atoms with Crippen molar-refractivity contribution in [3.8, 4) is 11.4 Å². The first-order valence-corrected chi connectivity index (χ1v) is 12.8. The predicted octanol–water partition coefficient (Wildman–Crippen LogP) is 6.33. The van der Waals surface area contributed by atoms with Gasteiger partial charge in [0.1, 0.15) is 0 Å². The van der Waals surface area contributed by atoms with E-state index in [2.05, 4.69) is 36.4 Å². The number of aromatic carboxylic acids is 1. The number of nitrogens with zero attached hydrogens (tertiary/aromatic N) is 4. The van der Waals surface area contributed by atoms with Gasteiger partial charge >= 0.3 is 5.97 Å². The third-order valence-electron chi connectivity index (χ3n) is 6.79. The first kappa shape index (κ1) is 26.6. The van der Waals surface area contributed by atoms with Gasteiger partial charge in [-0.2, -0.15) is 0 Å². The maximum Gasteiger partial charge on any atom is 0.335 e. The second kappa shape index (κ2) is 10.3. The average molecular weight is 535 g/mol. The Hall–Kier alpha value is -5.05. The topological polar surface area (TPSA) is 122 Å². The van der Waals surface area contributed by atoms with Crippen LogP contribution in [0.4, 0.5) is 17.2 Å². The summed E-state index contributed by atoms with van der Waals surface area (Å²) in [7, 11) is 1.85. The maximum absolute atomic E-state index is 13.1. The first-order chi connectivity index (χ1) is 19.0. The van der Waals surface area contributed by atoms with E-state index in [9.17, 15) is 14.7 Å². The fraction of sp³-hybridized carbons (Fsp3) is 0.194. The van der Waals surface area contributed by atoms with E-state index in [4.69, 9.17) is 9.97 Å². The molecule has 3 N–H and O–H groups in total. The number of carbonyl (C=O) groups is 2. The lowest BCUT2D eigenvalue weighted by molar-refractivity contribution is 0.0696. The molecule has 0 atom stereocenters. The van der Waals surface area contributed by atoms with Gasteiger partial charge < -0.3 is 20.3 Å². The van der Waals surface area contributed by atoms with Gasteiger partial charge in [0.05, 0.1) is 11.9 Å². The van der Waals surface area contributed by atoms with Gasteiger partial charge in [0.2, 0.25) is 0 Å². The van der Waals surface area contributed by atoms with Crippen molar-refractivity contribution in [1.29, 1.82) is 0 Å². The van der Waals surface area contributed by atoms with E-state index in [0.29, 0.717) is 39.7 Å². The molecule has 2 aromatic heterocycles. The zero-order valence-electron chi connectivity index (χ0n) is 23.0. The van der Waals surface area contributed by atoms with Crippen LogP contribution in [-0.4, -0.2) is 36.5 Å². The van der Waals surface area contributed by atoms with Crippen LogP contribution >= 0.6 is 0 Å². The number of fused-ring (bicyclic) bond motifs is 1. The fourth-order valence-electron chi connectivity index (χ4n) is 4.38. The highest BCUT2D eigenvalue weighted by Gasteiger charge is 2.18. The average Bonchev–Trinajstić information content (AvgIpc) is 3.30. The molecule has 202 valence electrons. The van der Waals surface area contributed by atoms with Gasteiger partial charge in [-0.3, -0.25) is 4.79 Å². The van der Waals surface area contributed by atoms with Gasteiger partial charge in [-0.05, 0) is 65.9 Å². The van der Waals surface area contributed by atoms with Crippen molar-refractivity contribution >= 4 is 40.2 Å². The smallest absolute Gasteiger partial charge is 0.335 e. The van der Waals surface area contributed by atoms with Crippen molar-refractivity contribution in [2.24, 2.45) is 7.05 Å². The van der Waals surface area contributed by atoms with Crippen molar-refractivity contribution in [3.63, 3.8) is 0 Å². The number of hydrogen-bond acceptors (Lipinski definition) is 6. The summed E-state index contributed by atoms with van der Waals surface area (Å²) in [5.74, 6) is -0.247. The van der Waals surface area contributed by atoms with Gasteiger partial charge in [-0.1, -0.05) is 45.0 Å². The summed E-state index contributed by atoms with van der Waals surface area (Å²) in [6.07, 6.45) is 1.66. The number of hydrogen-bond donors (Lipinski definition) is 3. The highest BCUT2D eigenvalue weighted by Crippen LogP contribution is 2.31. The van der Waals surface area contributed by atoms with Crippen LogP contribution in [0.25, 0.3) is 22.6 Å². The monoisotopic (exact) mass is 534 g/mol. The van der Waals surface area contributed by atoms with E-state index in [1.807, 2.05) is 56.4 Å². The Kier molecular flexibility index (Phi) is 6.81. The maximum atomic E-state index is 13.1. The number of nitrogens with one attached hydrogen (secondary N) is 2. The highest BCUT2D eigenvalue weighted by atomic mass is 16.4. The Morgan fingerprint density at radius 1 is 0.900 bits per heavy atom. The molecule has 0 aliphatic carbocycles. The van der Waals surface area contributed by atoms with Gasteiger partial charge in [-0.25, -0.2) is 19.7 Å². The quantitative estimate of drug-likeness (QED) is 0.233. The minimum absolute atomic E-state index is 0.00449. The Morgan fingerprint density at radius 2 is 1.57 bits per heavy atom. The van der Waals surface area contributed by atoms with Crippen LogP contribution in [0.3, 0.4) is 0 Å². The zero-order valence-corrected chi connectivity index (χ0v) is 23.0. The van der Waals surface area contributed by atoms with Gasteiger partial charge in [0, 0.05) is 29.5 Å². The van der Waals surface area contributed by atoms with Gasteiger partial charge in [-0.15, -0.1) is 0 Å². The number of carboxylic acid groups (broad SMARTS) is 1. The van der Waals surface area contributed by atoms with Crippen molar-refractivity contribution in [2.45, 2.75) is 33.1 Å². The summed E-state index contributed by atoms with van der Waals surface area (Å²) in [4.78, 5) is 38.3. The Labute approximate surface area is 231 Å². The summed E-state index contributed by atoms with van der Waals surface area (Å²) in [6, 6.07) is 19.7. The Balaban J connectivity index is 1.47. The summed E-state index contributed by atoms with van der Waals surface area (Å²) in [5.41, 5.74) is 6.04. The molecule has 5 rings (SSSR count). The van der Waals surface area contributed by atoms with E-state index < -0.39 is 5.97 Å². The molecule has 0 aliphatic heterocycles. The number of carbonyl (C=O) groups excluding carboxylic acids is 1. The van der Waals surface area contributed by atoms with Crippen LogP contribution < -0.4 is 10.6 Å². The molecule has 0 radical (unpaired) electrons.